The van der Waals surface area contributed by atoms with Crippen molar-refractivity contribution in [3.8, 4) is 0 Å². The molecule has 0 radical (unpaired) electrons. The lowest BCUT2D eigenvalue weighted by molar-refractivity contribution is -0.179. The molecule has 0 rings (SSSR count). The zero-order valence-electron chi connectivity index (χ0n) is 24.2. The van der Waals surface area contributed by atoms with E-state index in [-0.39, 0.29) is 12.8 Å². The maximum atomic E-state index is 13.1. The van der Waals surface area contributed by atoms with E-state index in [0.717, 1.165) is 79.1 Å². The lowest BCUT2D eigenvalue weighted by Crippen LogP contribution is -2.48. The Morgan fingerprint density at radius 3 is 1.37 bits per heavy atom. The molecular weight excluding hydrogens is 492 g/mol. The number of aliphatic hydroxyl groups excluding tert-OH is 1. The van der Waals surface area contributed by atoms with Gasteiger partial charge in [0, 0.05) is 0 Å². The van der Waals surface area contributed by atoms with Gasteiger partial charge in [-0.2, -0.15) is 0 Å². The van der Waals surface area contributed by atoms with Gasteiger partial charge in [0.2, 0.25) is 0 Å². The summed E-state index contributed by atoms with van der Waals surface area (Å²) in [6, 6.07) is 0. The molecule has 9 heteroatoms. The standard InChI is InChI=1S/C29H48O9/c1-7-9-11-13-14-16-18-29(23(5)33,24(6)34)27(36)38-25(19-30)20-37-26(35)28(21(3)31,22(4)32)17-15-12-10-8-2/h25,30H,7-20H2,1-6H3. The van der Waals surface area contributed by atoms with Crippen molar-refractivity contribution in [3.05, 3.63) is 0 Å². The first kappa shape index (κ1) is 35.6. The molecular formula is C29H48O9. The van der Waals surface area contributed by atoms with Gasteiger partial charge in [0.25, 0.3) is 0 Å². The molecule has 0 aromatic rings. The number of esters is 2. The fourth-order valence-corrected chi connectivity index (χ4v) is 4.63. The van der Waals surface area contributed by atoms with Crippen LogP contribution in [-0.4, -0.2) is 59.5 Å². The molecule has 0 amide bonds. The van der Waals surface area contributed by atoms with Crippen molar-refractivity contribution in [1.82, 2.24) is 0 Å². The van der Waals surface area contributed by atoms with Gasteiger partial charge in [-0.3, -0.25) is 28.8 Å². The van der Waals surface area contributed by atoms with E-state index in [1.807, 2.05) is 6.92 Å². The molecule has 9 nitrogen and oxygen atoms in total. The highest BCUT2D eigenvalue weighted by molar-refractivity contribution is 6.21. The van der Waals surface area contributed by atoms with Crippen LogP contribution in [0.1, 0.15) is 119 Å². The van der Waals surface area contributed by atoms with Crippen molar-refractivity contribution in [2.24, 2.45) is 10.8 Å². The molecule has 0 saturated heterocycles. The van der Waals surface area contributed by atoms with Crippen LogP contribution in [0.4, 0.5) is 0 Å². The van der Waals surface area contributed by atoms with Gasteiger partial charge in [-0.15, -0.1) is 0 Å². The van der Waals surface area contributed by atoms with Crippen LogP contribution in [0.5, 0.6) is 0 Å². The Kier molecular flexibility index (Phi) is 16.8. The van der Waals surface area contributed by atoms with Gasteiger partial charge >= 0.3 is 11.9 Å². The van der Waals surface area contributed by atoms with E-state index < -0.39 is 65.2 Å². The van der Waals surface area contributed by atoms with Gasteiger partial charge in [0.15, 0.2) is 40.1 Å². The Labute approximate surface area is 227 Å². The maximum Gasteiger partial charge on any atom is 0.327 e. The third-order valence-electron chi connectivity index (χ3n) is 7.29. The van der Waals surface area contributed by atoms with Crippen molar-refractivity contribution in [3.63, 3.8) is 0 Å². The van der Waals surface area contributed by atoms with Gasteiger partial charge in [-0.1, -0.05) is 78.1 Å². The van der Waals surface area contributed by atoms with Gasteiger partial charge in [-0.25, -0.2) is 0 Å². The van der Waals surface area contributed by atoms with E-state index >= 15 is 0 Å². The zero-order valence-corrected chi connectivity index (χ0v) is 24.2. The summed E-state index contributed by atoms with van der Waals surface area (Å²) in [7, 11) is 0. The number of ketones is 4. The molecule has 1 atom stereocenters. The SMILES string of the molecule is CCCCCCCCC(C(C)=O)(C(C)=O)C(=O)OC(CO)COC(=O)C(CCCCCC)(C(C)=O)C(C)=O. The van der Waals surface area contributed by atoms with Crippen LogP contribution in [0.2, 0.25) is 0 Å². The van der Waals surface area contributed by atoms with E-state index in [4.69, 9.17) is 9.47 Å². The highest BCUT2D eigenvalue weighted by Gasteiger charge is 2.51. The summed E-state index contributed by atoms with van der Waals surface area (Å²) in [6.45, 7) is 7.32. The minimum atomic E-state index is -2.01. The number of hydrogen-bond acceptors (Lipinski definition) is 9. The van der Waals surface area contributed by atoms with Gasteiger partial charge in [0.1, 0.15) is 6.61 Å². The number of carbonyl (C=O) groups excluding carboxylic acids is 6. The fourth-order valence-electron chi connectivity index (χ4n) is 4.63. The summed E-state index contributed by atoms with van der Waals surface area (Å²) in [5, 5.41) is 9.78. The minimum absolute atomic E-state index is 0.00385. The van der Waals surface area contributed by atoms with Crippen LogP contribution in [-0.2, 0) is 38.2 Å². The molecule has 1 unspecified atom stereocenters. The largest absolute Gasteiger partial charge is 0.461 e. The van der Waals surface area contributed by atoms with E-state index in [2.05, 4.69) is 6.92 Å². The molecule has 0 aliphatic rings. The Balaban J connectivity index is 5.54. The molecule has 0 aliphatic carbocycles. The topological polar surface area (TPSA) is 141 Å². The number of carbonyl (C=O) groups is 6. The first-order chi connectivity index (χ1) is 17.9. The predicted molar refractivity (Wildman–Crippen MR) is 142 cm³/mol. The van der Waals surface area contributed by atoms with E-state index in [1.54, 1.807) is 0 Å². The summed E-state index contributed by atoms with van der Waals surface area (Å²) in [5.74, 6) is -4.77. The monoisotopic (exact) mass is 540 g/mol. The summed E-state index contributed by atoms with van der Waals surface area (Å²) in [6.07, 6.45) is 6.92. The second-order valence-corrected chi connectivity index (χ2v) is 10.2. The third-order valence-corrected chi connectivity index (χ3v) is 7.29. The smallest absolute Gasteiger partial charge is 0.327 e. The van der Waals surface area contributed by atoms with Crippen LogP contribution >= 0.6 is 0 Å². The minimum Gasteiger partial charge on any atom is -0.461 e. The Morgan fingerprint density at radius 1 is 0.605 bits per heavy atom. The number of aliphatic hydroxyl groups is 1. The lowest BCUT2D eigenvalue weighted by Gasteiger charge is -2.30. The summed E-state index contributed by atoms with van der Waals surface area (Å²) in [5.41, 5.74) is -3.98. The second-order valence-electron chi connectivity index (χ2n) is 10.2. The van der Waals surface area contributed by atoms with Crippen molar-refractivity contribution in [2.75, 3.05) is 13.2 Å². The first-order valence-electron chi connectivity index (χ1n) is 13.9. The molecule has 0 fully saturated rings. The van der Waals surface area contributed by atoms with Crippen molar-refractivity contribution < 1.29 is 43.3 Å². The van der Waals surface area contributed by atoms with Gasteiger partial charge in [0.05, 0.1) is 6.61 Å². The van der Waals surface area contributed by atoms with Crippen molar-refractivity contribution in [2.45, 2.75) is 125 Å². The Hall–Kier alpha value is -2.42. The van der Waals surface area contributed by atoms with Crippen molar-refractivity contribution >= 4 is 35.1 Å². The zero-order chi connectivity index (χ0) is 29.4. The molecule has 0 aromatic heterocycles. The van der Waals surface area contributed by atoms with Crippen LogP contribution in [0.25, 0.3) is 0 Å². The highest BCUT2D eigenvalue weighted by Crippen LogP contribution is 2.32. The predicted octanol–water partition coefficient (Wildman–Crippen LogP) is 4.48. The normalized spacial score (nSPS) is 12.5. The highest BCUT2D eigenvalue weighted by atomic mass is 16.6. The summed E-state index contributed by atoms with van der Waals surface area (Å²) < 4.78 is 10.5. The van der Waals surface area contributed by atoms with Crippen LogP contribution < -0.4 is 0 Å². The fraction of sp³-hybridized carbons (Fsp3) is 0.793. The van der Waals surface area contributed by atoms with Crippen LogP contribution in [0.3, 0.4) is 0 Å². The van der Waals surface area contributed by atoms with E-state index in [0.29, 0.717) is 12.8 Å². The Morgan fingerprint density at radius 2 is 0.974 bits per heavy atom. The van der Waals surface area contributed by atoms with Crippen molar-refractivity contribution in [1.29, 1.82) is 0 Å². The molecule has 0 heterocycles. The lowest BCUT2D eigenvalue weighted by atomic mass is 9.75. The summed E-state index contributed by atoms with van der Waals surface area (Å²) >= 11 is 0. The molecule has 38 heavy (non-hydrogen) atoms. The van der Waals surface area contributed by atoms with E-state index in [1.165, 1.54) is 0 Å². The number of unbranched alkanes of at least 4 members (excludes halogenated alkanes) is 8. The quantitative estimate of drug-likeness (QED) is 0.119. The molecule has 0 aliphatic heterocycles. The average molecular weight is 541 g/mol. The number of rotatable bonds is 22. The van der Waals surface area contributed by atoms with E-state index in [9.17, 15) is 33.9 Å². The van der Waals surface area contributed by atoms with Crippen LogP contribution in [0.15, 0.2) is 0 Å². The number of hydrogen-bond donors (Lipinski definition) is 1. The number of Topliss-reactive ketones (excluding diaryl/α,β-unsaturated/α-hetero) is 4. The maximum absolute atomic E-state index is 13.1. The van der Waals surface area contributed by atoms with Crippen LogP contribution in [0, 0.1) is 10.8 Å². The average Bonchev–Trinajstić information content (AvgIpc) is 2.85. The van der Waals surface area contributed by atoms with Gasteiger partial charge < -0.3 is 14.6 Å². The third kappa shape index (κ3) is 9.71. The molecule has 0 spiro atoms. The summed E-state index contributed by atoms with van der Waals surface area (Å²) in [4.78, 5) is 76.1. The second kappa shape index (κ2) is 18.0. The molecule has 0 aromatic carbocycles. The Bertz CT molecular complexity index is 787. The van der Waals surface area contributed by atoms with Gasteiger partial charge in [-0.05, 0) is 40.5 Å². The molecule has 218 valence electrons. The molecule has 1 N–H and O–H groups in total. The first-order valence-corrected chi connectivity index (χ1v) is 13.9. The molecule has 0 bridgehead atoms. The molecule has 0 saturated carbocycles. The number of ether oxygens (including phenoxy) is 2.